The van der Waals surface area contributed by atoms with Gasteiger partial charge in [-0.2, -0.15) is 5.26 Å². The Balaban J connectivity index is 1.31. The van der Waals surface area contributed by atoms with Crippen LogP contribution in [0.4, 0.5) is 39.8 Å². The summed E-state index contributed by atoms with van der Waals surface area (Å²) in [5, 5.41) is 17.8. The minimum Gasteiger partial charge on any atom is -0.310 e. The molecule has 0 unspecified atom stereocenters. The third-order valence-electron chi connectivity index (χ3n) is 15.0. The summed E-state index contributed by atoms with van der Waals surface area (Å²) in [6.07, 6.45) is 12.4. The van der Waals surface area contributed by atoms with Crippen molar-refractivity contribution in [2.75, 3.05) is 9.80 Å². The van der Waals surface area contributed by atoms with Gasteiger partial charge in [0.1, 0.15) is 0 Å². The molecule has 8 aromatic rings. The van der Waals surface area contributed by atoms with Crippen molar-refractivity contribution in [1.82, 2.24) is 0 Å². The molecule has 2 saturated carbocycles. The van der Waals surface area contributed by atoms with E-state index in [1.165, 1.54) is 130 Å². The van der Waals surface area contributed by atoms with Gasteiger partial charge in [-0.1, -0.05) is 141 Å². The topological polar surface area (TPSA) is 34.6 Å². The quantitative estimate of drug-likeness (QED) is 0.113. The monoisotopic (exact) mass is 862 g/mol. The van der Waals surface area contributed by atoms with E-state index in [4.69, 9.17) is 6.57 Å². The Kier molecular flexibility index (Phi) is 11.4. The largest absolute Gasteiger partial charge is 0.310 e. The minimum atomic E-state index is 0.0220. The first-order chi connectivity index (χ1) is 31.9. The lowest BCUT2D eigenvalue weighted by Gasteiger charge is -2.33. The zero-order valence-electron chi connectivity index (χ0n) is 39.7. The molecule has 10 rings (SSSR count). The molecule has 0 atom stereocenters. The van der Waals surface area contributed by atoms with Crippen LogP contribution in [0, 0.1) is 17.9 Å². The predicted octanol–water partition coefficient (Wildman–Crippen LogP) is 18.6. The van der Waals surface area contributed by atoms with E-state index in [0.717, 1.165) is 22.7 Å². The summed E-state index contributed by atoms with van der Waals surface area (Å²) in [6, 6.07) is 51.9. The van der Waals surface area contributed by atoms with Crippen molar-refractivity contribution in [3.8, 4) is 6.07 Å². The fraction of sp³-hybridized carbons (Fsp3) is 0.323. The molecule has 0 saturated heterocycles. The summed E-state index contributed by atoms with van der Waals surface area (Å²) in [4.78, 5) is 8.70. The van der Waals surface area contributed by atoms with Crippen molar-refractivity contribution < 1.29 is 0 Å². The summed E-state index contributed by atoms with van der Waals surface area (Å²) in [5.74, 6) is 0.926. The maximum Gasteiger partial charge on any atom is 0.187 e. The van der Waals surface area contributed by atoms with Gasteiger partial charge < -0.3 is 9.80 Å². The number of hydrogen-bond donors (Lipinski definition) is 0. The molecular weight excluding hydrogens is 801 g/mol. The van der Waals surface area contributed by atoms with Crippen molar-refractivity contribution in [3.63, 3.8) is 0 Å². The molecule has 0 aliphatic heterocycles. The van der Waals surface area contributed by atoms with Gasteiger partial charge in [-0.25, -0.2) is 4.85 Å². The number of nitriles is 1. The molecule has 0 bridgehead atoms. The lowest BCUT2D eigenvalue weighted by atomic mass is 9.77. The standard InChI is InChI=1S/C62H62N4/c1-61(2,3)44-20-28-48(29-21-44)65(47-26-18-41(40-63)19-27-47)57-38-55(42-14-10-8-11-15-42)51-35-37-54-58(39-56(43-16-12-9-13-17-43)52-34-36-53(57)59(51)60(52)54)66(50-32-24-46(64-7)25-33-50)49-30-22-45(23-31-49)62(4,5)6/h18-39,42-43H,8-17H2,1-6H3. The Labute approximate surface area is 392 Å². The van der Waals surface area contributed by atoms with Gasteiger partial charge in [0.2, 0.25) is 0 Å². The summed E-state index contributed by atoms with van der Waals surface area (Å²) in [7, 11) is 0. The highest BCUT2D eigenvalue weighted by Crippen LogP contribution is 2.53. The van der Waals surface area contributed by atoms with E-state index in [-0.39, 0.29) is 10.8 Å². The fourth-order valence-electron chi connectivity index (χ4n) is 11.3. The van der Waals surface area contributed by atoms with Crippen molar-refractivity contribution in [2.45, 2.75) is 128 Å². The average molecular weight is 863 g/mol. The van der Waals surface area contributed by atoms with E-state index in [1.807, 2.05) is 24.3 Å². The highest BCUT2D eigenvalue weighted by Gasteiger charge is 2.30. The molecule has 0 heterocycles. The van der Waals surface area contributed by atoms with Gasteiger partial charge in [0.25, 0.3) is 0 Å². The molecule has 0 aromatic heterocycles. The number of rotatable bonds is 8. The SMILES string of the molecule is [C-]#[N+]c1ccc(N(c2ccc(C(C)(C)C)cc2)c2cc(C3CCCCC3)c3ccc4c(N(c5ccc(C#N)cc5)c5ccc(C(C)(C)C)cc5)cc(C5CCCCC5)c5ccc2c3c54)cc1. The Bertz CT molecular complexity index is 2890. The van der Waals surface area contributed by atoms with Gasteiger partial charge in [0, 0.05) is 33.5 Å². The summed E-state index contributed by atoms with van der Waals surface area (Å²) >= 11 is 0. The third-order valence-corrected chi connectivity index (χ3v) is 15.0. The Morgan fingerprint density at radius 2 is 0.818 bits per heavy atom. The molecule has 4 heteroatoms. The smallest absolute Gasteiger partial charge is 0.187 e. The van der Waals surface area contributed by atoms with E-state index in [2.05, 4.69) is 171 Å². The molecule has 2 fully saturated rings. The molecule has 0 spiro atoms. The number of benzene rings is 8. The predicted molar refractivity (Wildman–Crippen MR) is 280 cm³/mol. The van der Waals surface area contributed by atoms with Crippen LogP contribution in [-0.4, -0.2) is 0 Å². The van der Waals surface area contributed by atoms with Crippen LogP contribution in [0.3, 0.4) is 0 Å². The molecule has 2 aliphatic rings. The van der Waals surface area contributed by atoms with Gasteiger partial charge in [0.05, 0.1) is 29.6 Å². The van der Waals surface area contributed by atoms with Crippen LogP contribution in [-0.2, 0) is 10.8 Å². The molecule has 0 amide bonds. The number of hydrogen-bond acceptors (Lipinski definition) is 3. The first-order valence-electron chi connectivity index (χ1n) is 24.5. The van der Waals surface area contributed by atoms with Crippen molar-refractivity contribution in [3.05, 3.63) is 173 Å². The van der Waals surface area contributed by atoms with Gasteiger partial charge in [-0.3, -0.25) is 0 Å². The fourth-order valence-corrected chi connectivity index (χ4v) is 11.3. The number of anilines is 6. The lowest BCUT2D eigenvalue weighted by molar-refractivity contribution is 0.445. The van der Waals surface area contributed by atoms with Crippen LogP contribution in [0.15, 0.2) is 133 Å². The van der Waals surface area contributed by atoms with Crippen molar-refractivity contribution in [2.24, 2.45) is 0 Å². The molecule has 4 nitrogen and oxygen atoms in total. The summed E-state index contributed by atoms with van der Waals surface area (Å²) < 4.78 is 0. The Hall–Kier alpha value is -6.62. The van der Waals surface area contributed by atoms with Crippen molar-refractivity contribution in [1.29, 1.82) is 5.26 Å². The zero-order chi connectivity index (χ0) is 45.7. The Morgan fingerprint density at radius 3 is 1.17 bits per heavy atom. The summed E-state index contributed by atoms with van der Waals surface area (Å²) in [5.41, 5.74) is 13.5. The second-order valence-electron chi connectivity index (χ2n) is 21.3. The zero-order valence-corrected chi connectivity index (χ0v) is 39.7. The maximum absolute atomic E-state index is 9.90. The third kappa shape index (κ3) is 7.96. The molecule has 0 radical (unpaired) electrons. The lowest BCUT2D eigenvalue weighted by Crippen LogP contribution is -2.15. The van der Waals surface area contributed by atoms with Crippen LogP contribution in [0.5, 0.6) is 0 Å². The van der Waals surface area contributed by atoms with Crippen LogP contribution < -0.4 is 9.80 Å². The van der Waals surface area contributed by atoms with E-state index < -0.39 is 0 Å². The highest BCUT2D eigenvalue weighted by molar-refractivity contribution is 6.29. The molecule has 0 N–H and O–H groups in total. The summed E-state index contributed by atoms with van der Waals surface area (Å²) in [6.45, 7) is 21.5. The highest BCUT2D eigenvalue weighted by atomic mass is 15.2. The minimum absolute atomic E-state index is 0.0220. The van der Waals surface area contributed by atoms with Crippen molar-refractivity contribution >= 4 is 72.1 Å². The van der Waals surface area contributed by atoms with Gasteiger partial charge in [-0.15, -0.1) is 0 Å². The van der Waals surface area contributed by atoms with Crippen LogP contribution >= 0.6 is 0 Å². The average Bonchev–Trinajstić information content (AvgIpc) is 3.34. The van der Waals surface area contributed by atoms with E-state index >= 15 is 0 Å². The van der Waals surface area contributed by atoms with Crippen LogP contribution in [0.2, 0.25) is 0 Å². The van der Waals surface area contributed by atoms with E-state index in [1.54, 1.807) is 0 Å². The Morgan fingerprint density at radius 1 is 0.470 bits per heavy atom. The molecular formula is C62H62N4. The van der Waals surface area contributed by atoms with E-state index in [0.29, 0.717) is 23.1 Å². The number of nitrogens with zero attached hydrogens (tertiary/aromatic N) is 4. The molecule has 2 aliphatic carbocycles. The van der Waals surface area contributed by atoms with Gasteiger partial charge in [0.15, 0.2) is 5.69 Å². The molecule has 330 valence electrons. The maximum atomic E-state index is 9.90. The van der Waals surface area contributed by atoms with Crippen LogP contribution in [0.25, 0.3) is 37.2 Å². The van der Waals surface area contributed by atoms with Crippen LogP contribution in [0.1, 0.15) is 145 Å². The second-order valence-corrected chi connectivity index (χ2v) is 21.3. The first kappa shape index (κ1) is 43.3. The second kappa shape index (κ2) is 17.3. The molecule has 8 aromatic carbocycles. The van der Waals surface area contributed by atoms with E-state index in [9.17, 15) is 5.26 Å². The normalized spacial score (nSPS) is 15.3. The van der Waals surface area contributed by atoms with Gasteiger partial charge in [-0.05, 0) is 165 Å². The van der Waals surface area contributed by atoms with Gasteiger partial charge >= 0.3 is 0 Å². The molecule has 66 heavy (non-hydrogen) atoms. The first-order valence-corrected chi connectivity index (χ1v) is 24.5.